The second-order valence-corrected chi connectivity index (χ2v) is 8.37. The quantitative estimate of drug-likeness (QED) is 0.689. The van der Waals surface area contributed by atoms with Gasteiger partial charge in [0.2, 0.25) is 5.91 Å². The molecule has 0 aliphatic carbocycles. The summed E-state index contributed by atoms with van der Waals surface area (Å²) < 4.78 is 12.3. The molecule has 6 heteroatoms. The molecule has 0 radical (unpaired) electrons. The molecule has 1 N–H and O–H groups in total. The Morgan fingerprint density at radius 2 is 1.77 bits per heavy atom. The minimum atomic E-state index is -1.30. The number of hydrogen-bond acceptors (Lipinski definition) is 4. The van der Waals surface area contributed by atoms with Crippen LogP contribution >= 0.6 is 11.3 Å². The molecule has 0 saturated heterocycles. The van der Waals surface area contributed by atoms with Crippen LogP contribution in [0.2, 0.25) is 0 Å². The zero-order valence-electron chi connectivity index (χ0n) is 14.7. The van der Waals surface area contributed by atoms with E-state index in [0.717, 1.165) is 33.1 Å². The van der Waals surface area contributed by atoms with Gasteiger partial charge in [0.15, 0.2) is 0 Å². The molecule has 1 amide bonds. The summed E-state index contributed by atoms with van der Waals surface area (Å²) in [6.07, 6.45) is 0. The predicted octanol–water partition coefficient (Wildman–Crippen LogP) is 4.31. The number of hydrogen-bond donors (Lipinski definition) is 1. The lowest BCUT2D eigenvalue weighted by Gasteiger charge is -2.11. The number of nitrogens with one attached hydrogen (secondary N) is 1. The van der Waals surface area contributed by atoms with E-state index in [1.54, 1.807) is 0 Å². The van der Waals surface area contributed by atoms with Crippen molar-refractivity contribution in [3.8, 4) is 10.6 Å². The molecular weight excluding hydrogens is 364 g/mol. The number of thiazole rings is 1. The van der Waals surface area contributed by atoms with E-state index in [1.165, 1.54) is 11.3 Å². The van der Waals surface area contributed by atoms with Crippen molar-refractivity contribution in [3.63, 3.8) is 0 Å². The molecule has 1 heterocycles. The molecule has 1 aromatic heterocycles. The Hall–Kier alpha value is -2.31. The second kappa shape index (κ2) is 8.38. The third-order valence-electron chi connectivity index (χ3n) is 3.92. The molecule has 0 saturated carbocycles. The minimum Gasteiger partial charge on any atom is -0.325 e. The Kier molecular flexibility index (Phi) is 5.96. The number of anilines is 1. The number of nitrogens with zero attached hydrogens (tertiary/aromatic N) is 1. The maximum absolute atomic E-state index is 12.3. The van der Waals surface area contributed by atoms with Gasteiger partial charge in [-0.2, -0.15) is 0 Å². The lowest BCUT2D eigenvalue weighted by Crippen LogP contribution is -2.21. The standard InChI is InChI=1S/C20H20N2O2S2/c1-14-7-6-8-15(2)19(14)22-18(23)13-26(24)12-17-11-25-20(21-17)16-9-4-3-5-10-16/h3-11H,12-13H2,1-2H3,(H,22,23)/t26-/m0/s1. The predicted molar refractivity (Wildman–Crippen MR) is 109 cm³/mol. The fourth-order valence-corrected chi connectivity index (χ4v) is 4.51. The third-order valence-corrected chi connectivity index (χ3v) is 6.06. The van der Waals surface area contributed by atoms with E-state index < -0.39 is 10.8 Å². The number of aromatic nitrogens is 1. The van der Waals surface area contributed by atoms with E-state index in [9.17, 15) is 9.00 Å². The highest BCUT2D eigenvalue weighted by Gasteiger charge is 2.13. The van der Waals surface area contributed by atoms with E-state index in [-0.39, 0.29) is 17.4 Å². The van der Waals surface area contributed by atoms with Crippen molar-refractivity contribution in [1.82, 2.24) is 4.98 Å². The van der Waals surface area contributed by atoms with Gasteiger partial charge in [-0.05, 0) is 25.0 Å². The average molecular weight is 385 g/mol. The average Bonchev–Trinajstić information content (AvgIpc) is 3.07. The highest BCUT2D eigenvalue weighted by molar-refractivity contribution is 7.84. The molecule has 134 valence electrons. The topological polar surface area (TPSA) is 59.1 Å². The van der Waals surface area contributed by atoms with E-state index in [2.05, 4.69) is 10.3 Å². The van der Waals surface area contributed by atoms with Crippen LogP contribution in [0.15, 0.2) is 53.9 Å². The van der Waals surface area contributed by atoms with Crippen LogP contribution in [-0.4, -0.2) is 20.9 Å². The fourth-order valence-electron chi connectivity index (χ4n) is 2.64. The molecule has 0 fully saturated rings. The largest absolute Gasteiger partial charge is 0.325 e. The van der Waals surface area contributed by atoms with Crippen LogP contribution in [0.4, 0.5) is 5.69 Å². The van der Waals surface area contributed by atoms with E-state index in [4.69, 9.17) is 0 Å². The van der Waals surface area contributed by atoms with E-state index in [1.807, 2.05) is 67.8 Å². The number of para-hydroxylation sites is 1. The van der Waals surface area contributed by atoms with E-state index >= 15 is 0 Å². The first-order chi connectivity index (χ1) is 12.5. The summed E-state index contributed by atoms with van der Waals surface area (Å²) >= 11 is 1.52. The molecule has 0 unspecified atom stereocenters. The Morgan fingerprint density at radius 1 is 1.08 bits per heavy atom. The van der Waals surface area contributed by atoms with Crippen molar-refractivity contribution >= 4 is 33.7 Å². The van der Waals surface area contributed by atoms with Gasteiger partial charge in [0.1, 0.15) is 10.8 Å². The summed E-state index contributed by atoms with van der Waals surface area (Å²) in [5.41, 5.74) is 4.59. The number of carbonyl (C=O) groups is 1. The summed E-state index contributed by atoms with van der Waals surface area (Å²) in [6, 6.07) is 15.7. The molecule has 0 aliphatic heterocycles. The van der Waals surface area contributed by atoms with Crippen molar-refractivity contribution in [2.75, 3.05) is 11.1 Å². The SMILES string of the molecule is Cc1cccc(C)c1NC(=O)C[S@@](=O)Cc1csc(-c2ccccc2)n1. The molecule has 4 nitrogen and oxygen atoms in total. The van der Waals surface area contributed by atoms with Gasteiger partial charge in [-0.1, -0.05) is 48.5 Å². The van der Waals surface area contributed by atoms with Crippen molar-refractivity contribution in [2.24, 2.45) is 0 Å². The Balaban J connectivity index is 1.59. The van der Waals surface area contributed by atoms with Crippen LogP contribution in [0, 0.1) is 13.8 Å². The molecule has 0 aliphatic rings. The van der Waals surface area contributed by atoms with Crippen molar-refractivity contribution < 1.29 is 9.00 Å². The first-order valence-corrected chi connectivity index (χ1v) is 10.6. The van der Waals surface area contributed by atoms with Gasteiger partial charge in [0.25, 0.3) is 0 Å². The minimum absolute atomic E-state index is 0.0357. The molecule has 3 rings (SSSR count). The highest BCUT2D eigenvalue weighted by Crippen LogP contribution is 2.24. The summed E-state index contributed by atoms with van der Waals surface area (Å²) in [5.74, 6) is 0.00871. The Labute approximate surface area is 159 Å². The fraction of sp³-hybridized carbons (Fsp3) is 0.200. The smallest absolute Gasteiger partial charge is 0.237 e. The highest BCUT2D eigenvalue weighted by atomic mass is 32.2. The Morgan fingerprint density at radius 3 is 2.46 bits per heavy atom. The first-order valence-electron chi connectivity index (χ1n) is 8.24. The zero-order chi connectivity index (χ0) is 18.5. The number of benzene rings is 2. The maximum atomic E-state index is 12.3. The number of amides is 1. The molecule has 0 bridgehead atoms. The number of rotatable bonds is 6. The summed E-state index contributed by atoms with van der Waals surface area (Å²) in [6.45, 7) is 3.89. The molecule has 1 atom stereocenters. The van der Waals surface area contributed by atoms with Crippen molar-refractivity contribution in [1.29, 1.82) is 0 Å². The third kappa shape index (κ3) is 4.65. The number of aryl methyl sites for hydroxylation is 2. The van der Waals surface area contributed by atoms with Crippen molar-refractivity contribution in [2.45, 2.75) is 19.6 Å². The van der Waals surface area contributed by atoms with Crippen LogP contribution in [-0.2, 0) is 21.3 Å². The normalized spacial score (nSPS) is 11.9. The van der Waals surface area contributed by atoms with Gasteiger partial charge in [-0.25, -0.2) is 4.98 Å². The maximum Gasteiger partial charge on any atom is 0.237 e. The summed E-state index contributed by atoms with van der Waals surface area (Å²) in [7, 11) is -1.30. The lowest BCUT2D eigenvalue weighted by atomic mass is 10.1. The molecule has 0 spiro atoms. The number of carbonyl (C=O) groups excluding carboxylic acids is 1. The first kappa shape index (κ1) is 18.5. The van der Waals surface area contributed by atoms with Gasteiger partial charge in [0.05, 0.1) is 11.4 Å². The van der Waals surface area contributed by atoms with Crippen molar-refractivity contribution in [3.05, 3.63) is 70.7 Å². The second-order valence-electron chi connectivity index (χ2n) is 6.05. The van der Waals surface area contributed by atoms with Crippen LogP contribution < -0.4 is 5.32 Å². The van der Waals surface area contributed by atoms with Gasteiger partial charge < -0.3 is 5.32 Å². The van der Waals surface area contributed by atoms with Crippen LogP contribution in [0.3, 0.4) is 0 Å². The van der Waals surface area contributed by atoms with Gasteiger partial charge in [-0.3, -0.25) is 9.00 Å². The Bertz CT molecular complexity index is 916. The summed E-state index contributed by atoms with van der Waals surface area (Å²) in [5, 5.41) is 5.68. The molecule has 3 aromatic rings. The molecule has 26 heavy (non-hydrogen) atoms. The molecule has 2 aromatic carbocycles. The van der Waals surface area contributed by atoms with Crippen LogP contribution in [0.5, 0.6) is 0 Å². The van der Waals surface area contributed by atoms with E-state index in [0.29, 0.717) is 0 Å². The monoisotopic (exact) mass is 384 g/mol. The molecular formula is C20H20N2O2S2. The van der Waals surface area contributed by atoms with Crippen LogP contribution in [0.25, 0.3) is 10.6 Å². The summed E-state index contributed by atoms with van der Waals surface area (Å²) in [4.78, 5) is 16.8. The lowest BCUT2D eigenvalue weighted by molar-refractivity contribution is -0.113. The van der Waals surface area contributed by atoms with Gasteiger partial charge in [-0.15, -0.1) is 11.3 Å². The van der Waals surface area contributed by atoms with Gasteiger partial charge >= 0.3 is 0 Å². The van der Waals surface area contributed by atoms with Crippen LogP contribution in [0.1, 0.15) is 16.8 Å². The zero-order valence-corrected chi connectivity index (χ0v) is 16.3. The van der Waals surface area contributed by atoms with Gasteiger partial charge in [0, 0.05) is 27.4 Å².